The molecule has 0 radical (unpaired) electrons. The van der Waals surface area contributed by atoms with Crippen molar-refractivity contribution in [3.05, 3.63) is 48.0 Å². The number of carbonyl (C=O) groups excluding carboxylic acids is 5. The van der Waals surface area contributed by atoms with Gasteiger partial charge in [0.2, 0.25) is 11.8 Å². The summed E-state index contributed by atoms with van der Waals surface area (Å²) >= 11 is 0. The minimum absolute atomic E-state index is 0.0364. The predicted octanol–water partition coefficient (Wildman–Crippen LogP) is 3.66. The average Bonchev–Trinajstić information content (AvgIpc) is 3.48. The third-order valence-corrected chi connectivity index (χ3v) is 7.85. The Balaban J connectivity index is 1.62. The van der Waals surface area contributed by atoms with Gasteiger partial charge in [0, 0.05) is 12.3 Å². The quantitative estimate of drug-likeness (QED) is 0.298. The number of amides is 3. The Bertz CT molecular complexity index is 1230. The summed E-state index contributed by atoms with van der Waals surface area (Å²) in [5.41, 5.74) is -1.64. The predicted molar refractivity (Wildman–Crippen MR) is 157 cm³/mol. The fourth-order valence-corrected chi connectivity index (χ4v) is 5.64. The molecule has 1 aromatic rings. The number of rotatable bonds is 5. The van der Waals surface area contributed by atoms with Crippen molar-refractivity contribution < 1.29 is 38.2 Å². The second-order valence-electron chi connectivity index (χ2n) is 12.4. The van der Waals surface area contributed by atoms with E-state index in [1.165, 1.54) is 4.90 Å². The van der Waals surface area contributed by atoms with Gasteiger partial charge in [0.25, 0.3) is 0 Å². The first-order valence-corrected chi connectivity index (χ1v) is 15.2. The molecule has 3 amide bonds. The minimum Gasteiger partial charge on any atom is -0.464 e. The zero-order valence-corrected chi connectivity index (χ0v) is 25.4. The number of nitrogens with one attached hydrogen (secondary N) is 2. The number of fused-ring (bicyclic) bond motifs is 2. The van der Waals surface area contributed by atoms with Crippen LogP contribution in [0.25, 0.3) is 0 Å². The molecule has 2 fully saturated rings. The number of hydrogen-bond acceptors (Lipinski definition) is 8. The van der Waals surface area contributed by atoms with Crippen LogP contribution in [0.2, 0.25) is 0 Å². The Labute approximate surface area is 252 Å². The number of benzene rings is 1. The van der Waals surface area contributed by atoms with Crippen LogP contribution >= 0.6 is 0 Å². The monoisotopic (exact) mass is 597 g/mol. The first-order valence-electron chi connectivity index (χ1n) is 15.2. The van der Waals surface area contributed by atoms with Gasteiger partial charge < -0.3 is 29.7 Å². The smallest absolute Gasteiger partial charge is 0.408 e. The normalized spacial score (nSPS) is 27.9. The minimum atomic E-state index is -1.22. The van der Waals surface area contributed by atoms with E-state index >= 15 is 0 Å². The third-order valence-electron chi connectivity index (χ3n) is 7.85. The number of hydrogen-bond donors (Lipinski definition) is 2. The van der Waals surface area contributed by atoms with Crippen molar-refractivity contribution in [1.82, 2.24) is 15.5 Å². The third kappa shape index (κ3) is 8.14. The summed E-state index contributed by atoms with van der Waals surface area (Å²) < 4.78 is 16.5. The summed E-state index contributed by atoms with van der Waals surface area (Å²) in [6.45, 7) is 7.02. The zero-order valence-electron chi connectivity index (χ0n) is 25.4. The van der Waals surface area contributed by atoms with Gasteiger partial charge in [0.05, 0.1) is 18.7 Å². The maximum absolute atomic E-state index is 14.1. The number of nitrogens with zero attached hydrogens (tertiary/aromatic N) is 1. The van der Waals surface area contributed by atoms with Crippen LogP contribution < -0.4 is 10.6 Å². The Morgan fingerprint density at radius 2 is 1.84 bits per heavy atom. The SMILES string of the molecule is CCOC(=O)[C@@]12C[C@H]1C=CCCCCC[C@H](NC(=O)OC(C)(C)C)C(=O)N1C[C@@H](OC(=O)c3ccccc3)C[C@H]1C(=O)N2. The lowest BCUT2D eigenvalue weighted by molar-refractivity contribution is -0.150. The first kappa shape index (κ1) is 32.0. The summed E-state index contributed by atoms with van der Waals surface area (Å²) in [5, 5.41) is 5.60. The lowest BCUT2D eigenvalue weighted by Crippen LogP contribution is -2.56. The van der Waals surface area contributed by atoms with E-state index in [9.17, 15) is 24.0 Å². The molecule has 1 aliphatic carbocycles. The highest BCUT2D eigenvalue weighted by atomic mass is 16.6. The molecule has 2 aliphatic heterocycles. The summed E-state index contributed by atoms with van der Waals surface area (Å²) in [6.07, 6.45) is 6.34. The molecule has 11 heteroatoms. The van der Waals surface area contributed by atoms with Crippen LogP contribution in [0.5, 0.6) is 0 Å². The number of alkyl carbamates (subject to hydrolysis) is 1. The molecule has 5 atom stereocenters. The second-order valence-corrected chi connectivity index (χ2v) is 12.4. The fourth-order valence-electron chi connectivity index (χ4n) is 5.64. The topological polar surface area (TPSA) is 140 Å². The van der Waals surface area contributed by atoms with Crippen LogP contribution in [0.3, 0.4) is 0 Å². The van der Waals surface area contributed by atoms with Gasteiger partial charge in [-0.2, -0.15) is 0 Å². The Morgan fingerprint density at radius 3 is 2.53 bits per heavy atom. The van der Waals surface area contributed by atoms with E-state index in [0.29, 0.717) is 24.8 Å². The van der Waals surface area contributed by atoms with Crippen LogP contribution in [-0.2, 0) is 28.6 Å². The molecule has 0 aromatic heterocycles. The average molecular weight is 598 g/mol. The number of esters is 2. The molecule has 2 N–H and O–H groups in total. The van der Waals surface area contributed by atoms with Crippen LogP contribution in [0.15, 0.2) is 42.5 Å². The Hall–Kier alpha value is -3.89. The van der Waals surface area contributed by atoms with Gasteiger partial charge in [-0.3, -0.25) is 9.59 Å². The second kappa shape index (κ2) is 13.6. The van der Waals surface area contributed by atoms with E-state index in [0.717, 1.165) is 19.3 Å². The zero-order chi connectivity index (χ0) is 31.2. The number of allylic oxidation sites excluding steroid dienone is 1. The van der Waals surface area contributed by atoms with E-state index in [1.807, 2.05) is 12.2 Å². The molecule has 0 bridgehead atoms. The van der Waals surface area contributed by atoms with E-state index in [-0.39, 0.29) is 25.5 Å². The van der Waals surface area contributed by atoms with Crippen LogP contribution in [0.4, 0.5) is 4.79 Å². The molecule has 11 nitrogen and oxygen atoms in total. The molecule has 1 saturated carbocycles. The Morgan fingerprint density at radius 1 is 1.09 bits per heavy atom. The molecule has 2 heterocycles. The van der Waals surface area contributed by atoms with Gasteiger partial charge in [-0.1, -0.05) is 43.2 Å². The molecule has 1 saturated heterocycles. The van der Waals surface area contributed by atoms with Crippen molar-refractivity contribution in [3.63, 3.8) is 0 Å². The van der Waals surface area contributed by atoms with Gasteiger partial charge in [-0.25, -0.2) is 14.4 Å². The van der Waals surface area contributed by atoms with E-state index < -0.39 is 59.2 Å². The standard InChI is InChI=1S/C32H43N3O8/c1-5-41-29(39)32-19-22(32)16-12-7-6-8-13-17-24(33-30(40)43-31(2,3)4)27(37)35-20-23(18-25(35)26(36)34-32)42-28(38)21-14-10-9-11-15-21/h9-12,14-16,22-25H,5-8,13,17-20H2,1-4H3,(H,33,40)(H,34,36)/t22-,23+,24+,25+,32-/m1/s1. The highest BCUT2D eigenvalue weighted by Crippen LogP contribution is 2.46. The number of carbonyl (C=O) groups is 5. The maximum atomic E-state index is 14.1. The van der Waals surface area contributed by atoms with Crippen molar-refractivity contribution in [2.75, 3.05) is 13.2 Å². The van der Waals surface area contributed by atoms with Gasteiger partial charge >= 0.3 is 18.0 Å². The van der Waals surface area contributed by atoms with E-state index in [1.54, 1.807) is 58.0 Å². The van der Waals surface area contributed by atoms with Gasteiger partial charge in [-0.05, 0) is 65.5 Å². The fraction of sp³-hybridized carbons (Fsp3) is 0.594. The van der Waals surface area contributed by atoms with Gasteiger partial charge in [0.1, 0.15) is 29.3 Å². The molecule has 234 valence electrons. The summed E-state index contributed by atoms with van der Waals surface area (Å²) in [7, 11) is 0. The Kier molecular flexibility index (Phi) is 10.1. The molecule has 0 unspecified atom stereocenters. The van der Waals surface area contributed by atoms with Gasteiger partial charge in [-0.15, -0.1) is 0 Å². The molecule has 3 aliphatic rings. The molecule has 43 heavy (non-hydrogen) atoms. The van der Waals surface area contributed by atoms with Crippen molar-refractivity contribution in [3.8, 4) is 0 Å². The summed E-state index contributed by atoms with van der Waals surface area (Å²) in [4.78, 5) is 67.9. The van der Waals surface area contributed by atoms with Crippen LogP contribution in [0, 0.1) is 5.92 Å². The molecular weight excluding hydrogens is 554 g/mol. The lowest BCUT2D eigenvalue weighted by atomic mass is 10.0. The van der Waals surface area contributed by atoms with Crippen molar-refractivity contribution in [2.45, 2.75) is 102 Å². The van der Waals surface area contributed by atoms with Crippen LogP contribution in [-0.4, -0.2) is 77.2 Å². The van der Waals surface area contributed by atoms with Crippen molar-refractivity contribution in [2.24, 2.45) is 5.92 Å². The van der Waals surface area contributed by atoms with E-state index in [2.05, 4.69) is 10.6 Å². The van der Waals surface area contributed by atoms with Gasteiger partial charge in [0.15, 0.2) is 0 Å². The summed E-state index contributed by atoms with van der Waals surface area (Å²) in [5.74, 6) is -2.33. The highest BCUT2D eigenvalue weighted by molar-refractivity contribution is 5.97. The molecule has 1 aromatic carbocycles. The largest absolute Gasteiger partial charge is 0.464 e. The van der Waals surface area contributed by atoms with Crippen molar-refractivity contribution in [1.29, 1.82) is 0 Å². The summed E-state index contributed by atoms with van der Waals surface area (Å²) in [6, 6.07) is 6.47. The lowest BCUT2D eigenvalue weighted by Gasteiger charge is -2.30. The van der Waals surface area contributed by atoms with Crippen molar-refractivity contribution >= 4 is 29.8 Å². The number of ether oxygens (including phenoxy) is 3. The molecular formula is C32H43N3O8. The first-order chi connectivity index (χ1) is 20.4. The maximum Gasteiger partial charge on any atom is 0.408 e. The molecule has 4 rings (SSSR count). The van der Waals surface area contributed by atoms with E-state index in [4.69, 9.17) is 14.2 Å². The van der Waals surface area contributed by atoms with Crippen LogP contribution in [0.1, 0.15) is 83.0 Å². The highest BCUT2D eigenvalue weighted by Gasteiger charge is 2.62. The molecule has 0 spiro atoms.